The zero-order valence-corrected chi connectivity index (χ0v) is 54.7. The number of carbonyl (C=O) groups excluding carboxylic acids is 9. The molecule has 0 aliphatic carbocycles. The SMILES string of the molecule is Cc1nc(CCC(=O)NC(CC(C)C)C(=O)NCCC(=O)NCCN(CCNC(=O)CCNC(=O)C(CC(C)C)NC(=O)CCc2nc(C)c(C)n(O)c2=O)CCNC(=O)CCNC(=O)C(CC(C)C)NC(=O)CCc2nc(C)c(C)n(O)c2=O)c(=O)n(O)c1C. The van der Waals surface area contributed by atoms with E-state index in [4.69, 9.17) is 0 Å². The molecule has 0 aliphatic heterocycles. The van der Waals surface area contributed by atoms with Crippen molar-refractivity contribution in [2.24, 2.45) is 17.8 Å². The largest absolute Gasteiger partial charge is 0.425 e. The molecule has 0 aliphatic rings. The summed E-state index contributed by atoms with van der Waals surface area (Å²) in [4.78, 5) is 170. The van der Waals surface area contributed by atoms with Crippen molar-refractivity contribution in [1.29, 1.82) is 0 Å². The van der Waals surface area contributed by atoms with E-state index in [2.05, 4.69) is 62.8 Å². The zero-order chi connectivity index (χ0) is 68.2. The average Bonchev–Trinajstić information content (AvgIpc) is 1.94. The highest BCUT2D eigenvalue weighted by atomic mass is 16.5. The van der Waals surface area contributed by atoms with Gasteiger partial charge in [0.05, 0.1) is 34.2 Å². The standard InChI is InChI=1S/C60H96N16O15/c1-34(2)31-46(70-52(80)16-13-43-58(86)74(89)40(10)37(7)67-43)55(83)64-22-19-49(77)61-25-28-73(29-26-62-50(78)20-23-65-56(84)47(32-35(3)4)71-53(81)17-14-44-59(87)75(90)41(11)38(8)68-44)30-27-63-51(79)21-24-66-57(85)48(33-36(5)6)72-54(82)18-15-45-60(88)76(91)42(12)39(9)69-45/h34-36,46-48,89-91H,13-33H2,1-12H3,(H,61,77)(H,62,78)(H,63,79)(H,64,83)(H,65,84)(H,66,85)(H,70,80)(H,71,81)(H,72,82). The number of carbonyl (C=O) groups is 9. The fraction of sp³-hybridized carbons (Fsp3) is 0.650. The molecule has 0 spiro atoms. The number of hydrogen-bond donors (Lipinski definition) is 12. The number of aryl methyl sites for hydroxylation is 6. The Labute approximate surface area is 529 Å². The summed E-state index contributed by atoms with van der Waals surface area (Å²) < 4.78 is 1.44. The van der Waals surface area contributed by atoms with Gasteiger partial charge in [0.25, 0.3) is 0 Å². The molecule has 91 heavy (non-hydrogen) atoms. The van der Waals surface area contributed by atoms with Gasteiger partial charge >= 0.3 is 16.7 Å². The molecule has 506 valence electrons. The summed E-state index contributed by atoms with van der Waals surface area (Å²) in [6, 6.07) is -2.83. The predicted octanol–water partition coefficient (Wildman–Crippen LogP) is -1.12. The lowest BCUT2D eigenvalue weighted by Gasteiger charge is -2.23. The van der Waals surface area contributed by atoms with E-state index in [0.29, 0.717) is 31.3 Å². The van der Waals surface area contributed by atoms with Crippen molar-refractivity contribution in [2.75, 3.05) is 58.9 Å². The minimum Gasteiger partial charge on any atom is -0.425 e. The molecule has 3 aromatic heterocycles. The molecule has 0 saturated carbocycles. The molecule has 3 unspecified atom stereocenters. The summed E-state index contributed by atoms with van der Waals surface area (Å²) in [6.07, 6.45) is -0.260. The Morgan fingerprint density at radius 1 is 0.374 bits per heavy atom. The van der Waals surface area contributed by atoms with Crippen LogP contribution in [0, 0.1) is 59.3 Å². The van der Waals surface area contributed by atoms with Gasteiger partial charge in [-0.05, 0) is 78.6 Å². The van der Waals surface area contributed by atoms with Crippen LogP contribution >= 0.6 is 0 Å². The van der Waals surface area contributed by atoms with E-state index in [1.54, 1.807) is 20.8 Å². The van der Waals surface area contributed by atoms with E-state index in [1.807, 2.05) is 46.4 Å². The van der Waals surface area contributed by atoms with Crippen LogP contribution in [0.1, 0.15) is 151 Å². The summed E-state index contributed by atoms with van der Waals surface area (Å²) in [6.45, 7) is 21.6. The Bertz CT molecular complexity index is 2880. The fourth-order valence-electron chi connectivity index (χ4n) is 9.30. The van der Waals surface area contributed by atoms with Crippen molar-refractivity contribution in [3.05, 3.63) is 82.3 Å². The first-order chi connectivity index (χ1) is 42.8. The third-order valence-electron chi connectivity index (χ3n) is 14.8. The van der Waals surface area contributed by atoms with E-state index < -0.39 is 88.0 Å². The molecule has 3 heterocycles. The van der Waals surface area contributed by atoms with Crippen molar-refractivity contribution in [2.45, 2.75) is 178 Å². The lowest BCUT2D eigenvalue weighted by molar-refractivity contribution is -0.129. The van der Waals surface area contributed by atoms with Crippen molar-refractivity contribution in [3.63, 3.8) is 0 Å². The number of rotatable bonds is 39. The highest BCUT2D eigenvalue weighted by Gasteiger charge is 2.26. The number of aromatic nitrogens is 6. The monoisotopic (exact) mass is 1280 g/mol. The van der Waals surface area contributed by atoms with Gasteiger partial charge in [-0.25, -0.2) is 0 Å². The smallest absolute Gasteiger partial charge is 0.304 e. The number of hydrogen-bond acceptors (Lipinski definition) is 19. The fourth-order valence-corrected chi connectivity index (χ4v) is 9.30. The molecule has 0 radical (unpaired) electrons. The van der Waals surface area contributed by atoms with Crippen molar-refractivity contribution >= 4 is 53.2 Å². The van der Waals surface area contributed by atoms with Gasteiger partial charge in [0.1, 0.15) is 35.2 Å². The van der Waals surface area contributed by atoms with Crippen molar-refractivity contribution < 1.29 is 58.8 Å². The first-order valence-electron chi connectivity index (χ1n) is 30.9. The molecule has 3 atom stereocenters. The number of nitrogens with zero attached hydrogens (tertiary/aromatic N) is 7. The van der Waals surface area contributed by atoms with Crippen LogP contribution in [0.25, 0.3) is 0 Å². The van der Waals surface area contributed by atoms with Gasteiger partial charge in [-0.1, -0.05) is 41.5 Å². The molecule has 31 heteroatoms. The van der Waals surface area contributed by atoms with Crippen LogP contribution in [0.2, 0.25) is 0 Å². The summed E-state index contributed by atoms with van der Waals surface area (Å²) in [5.41, 5.74) is -0.156. The maximum absolute atomic E-state index is 13.3. The van der Waals surface area contributed by atoms with Crippen molar-refractivity contribution in [3.8, 4) is 0 Å². The van der Waals surface area contributed by atoms with Crippen LogP contribution in [0.4, 0.5) is 0 Å². The molecule has 31 nitrogen and oxygen atoms in total. The molecule has 0 bridgehead atoms. The van der Waals surface area contributed by atoms with Gasteiger partial charge in [0.15, 0.2) is 0 Å². The van der Waals surface area contributed by atoms with Gasteiger partial charge in [0, 0.05) is 117 Å². The third-order valence-corrected chi connectivity index (χ3v) is 14.8. The van der Waals surface area contributed by atoms with E-state index in [1.165, 1.54) is 20.8 Å². The lowest BCUT2D eigenvalue weighted by atomic mass is 10.0. The van der Waals surface area contributed by atoms with E-state index in [0.717, 1.165) is 0 Å². The summed E-state index contributed by atoms with van der Waals surface area (Å²) in [5, 5.41) is 54.8. The Balaban J connectivity index is 1.57. The molecule has 3 rings (SSSR count). The maximum Gasteiger partial charge on any atom is 0.304 e. The van der Waals surface area contributed by atoms with Crippen LogP contribution < -0.4 is 64.5 Å². The van der Waals surface area contributed by atoms with Crippen LogP contribution in [0.3, 0.4) is 0 Å². The van der Waals surface area contributed by atoms with Crippen LogP contribution in [0.5, 0.6) is 0 Å². The Morgan fingerprint density at radius 2 is 0.615 bits per heavy atom. The highest BCUT2D eigenvalue weighted by molar-refractivity contribution is 5.90. The van der Waals surface area contributed by atoms with Gasteiger partial charge in [-0.3, -0.25) is 77.4 Å². The number of amides is 9. The second-order valence-corrected chi connectivity index (χ2v) is 23.8. The average molecular weight is 1280 g/mol. The van der Waals surface area contributed by atoms with E-state index in [-0.39, 0.29) is 188 Å². The molecule has 0 saturated heterocycles. The van der Waals surface area contributed by atoms with E-state index in [9.17, 15) is 73.2 Å². The zero-order valence-electron chi connectivity index (χ0n) is 54.7. The normalized spacial score (nSPS) is 12.3. The number of nitrogens with one attached hydrogen (secondary N) is 9. The highest BCUT2D eigenvalue weighted by Crippen LogP contribution is 2.11. The topological polar surface area (TPSA) is 430 Å². The second kappa shape index (κ2) is 38.0. The van der Waals surface area contributed by atoms with Gasteiger partial charge in [-0.2, -0.15) is 0 Å². The van der Waals surface area contributed by atoms with Gasteiger partial charge < -0.3 is 63.5 Å². The minimum absolute atomic E-state index is 0.00302. The first-order valence-corrected chi connectivity index (χ1v) is 30.9. The van der Waals surface area contributed by atoms with Gasteiger partial charge in [-0.15, -0.1) is 14.2 Å². The lowest BCUT2D eigenvalue weighted by Crippen LogP contribution is -2.48. The second-order valence-electron chi connectivity index (χ2n) is 23.8. The first kappa shape index (κ1) is 76.5. The predicted molar refractivity (Wildman–Crippen MR) is 333 cm³/mol. The van der Waals surface area contributed by atoms with Crippen LogP contribution in [-0.2, 0) is 62.4 Å². The molecule has 0 aromatic carbocycles. The summed E-state index contributed by atoms with van der Waals surface area (Å²) >= 11 is 0. The molecular weight excluding hydrogens is 1180 g/mol. The molecule has 3 aromatic rings. The Morgan fingerprint density at radius 3 is 0.846 bits per heavy atom. The maximum atomic E-state index is 13.3. The molecule has 0 fully saturated rings. The third kappa shape index (κ3) is 26.7. The molecule has 9 amide bonds. The van der Waals surface area contributed by atoms with E-state index >= 15 is 0 Å². The van der Waals surface area contributed by atoms with Crippen molar-refractivity contribution in [1.82, 2.24) is 81.9 Å². The minimum atomic E-state index is -0.942. The molecule has 12 N–H and O–H groups in total. The summed E-state index contributed by atoms with van der Waals surface area (Å²) in [7, 11) is 0. The molecular formula is C60H96N16O15. The Kier molecular flexibility index (Phi) is 32.0. The van der Waals surface area contributed by atoms with Crippen LogP contribution in [0.15, 0.2) is 14.4 Å². The Hall–Kier alpha value is -8.77. The van der Waals surface area contributed by atoms with Gasteiger partial charge in [0.2, 0.25) is 53.2 Å². The summed E-state index contributed by atoms with van der Waals surface area (Å²) in [5.74, 6) is -4.31. The quantitative estimate of drug-likeness (QED) is 0.0301. The van der Waals surface area contributed by atoms with Crippen LogP contribution in [-0.4, -0.2) is 180 Å².